The van der Waals surface area contributed by atoms with Crippen molar-refractivity contribution in [3.63, 3.8) is 0 Å². The van der Waals surface area contributed by atoms with E-state index in [-0.39, 0.29) is 11.4 Å². The number of methoxy groups -OCH3 is 2. The van der Waals surface area contributed by atoms with Crippen LogP contribution < -0.4 is 30.4 Å². The molecule has 178 valence electrons. The molecule has 0 aliphatic heterocycles. The van der Waals surface area contributed by atoms with Crippen molar-refractivity contribution in [2.75, 3.05) is 19.2 Å². The smallest absolute Gasteiger partial charge is 0.338 e. The molecule has 0 bridgehead atoms. The van der Waals surface area contributed by atoms with Crippen LogP contribution in [0.15, 0.2) is 72.9 Å². The van der Waals surface area contributed by atoms with Gasteiger partial charge in [0.05, 0.1) is 25.4 Å². The molecule has 0 fully saturated rings. The fraction of sp³-hybridized carbons (Fsp3) is 0.0800. The van der Waals surface area contributed by atoms with Crippen LogP contribution in [0.4, 0.5) is 14.9 Å². The van der Waals surface area contributed by atoms with E-state index in [2.05, 4.69) is 10.4 Å². The van der Waals surface area contributed by atoms with Gasteiger partial charge in [0.25, 0.3) is 5.91 Å². The van der Waals surface area contributed by atoms with Crippen LogP contribution in [0.2, 0.25) is 0 Å². The van der Waals surface area contributed by atoms with Gasteiger partial charge in [0.15, 0.2) is 23.1 Å². The van der Waals surface area contributed by atoms with Crippen LogP contribution in [-0.2, 0) is 0 Å². The van der Waals surface area contributed by atoms with Gasteiger partial charge in [0, 0.05) is 29.3 Å². The van der Waals surface area contributed by atoms with Crippen molar-refractivity contribution in [2.45, 2.75) is 0 Å². The van der Waals surface area contributed by atoms with Crippen molar-refractivity contribution in [3.8, 4) is 23.0 Å². The molecule has 10 heteroatoms. The molecule has 4 rings (SSSR count). The van der Waals surface area contributed by atoms with E-state index in [0.29, 0.717) is 33.7 Å². The maximum Gasteiger partial charge on any atom is 0.338 e. The van der Waals surface area contributed by atoms with Crippen molar-refractivity contribution >= 4 is 28.5 Å². The van der Waals surface area contributed by atoms with Crippen molar-refractivity contribution < 1.29 is 28.2 Å². The zero-order chi connectivity index (χ0) is 24.9. The molecule has 0 radical (unpaired) electrons. The number of hydrogen-bond donors (Lipinski definition) is 2. The number of primary amides is 1. The summed E-state index contributed by atoms with van der Waals surface area (Å²) >= 11 is 0. The van der Waals surface area contributed by atoms with Gasteiger partial charge in [-0.3, -0.25) is 15.2 Å². The minimum atomic E-state index is -0.997. The summed E-state index contributed by atoms with van der Waals surface area (Å²) < 4.78 is 31.4. The second kappa shape index (κ2) is 9.96. The number of nitrogens with zero attached hydrogens (tertiary/aromatic N) is 2. The van der Waals surface area contributed by atoms with Crippen molar-refractivity contribution in [3.05, 3.63) is 84.3 Å². The highest BCUT2D eigenvalue weighted by atomic mass is 19.1. The number of urea groups is 1. The Labute approximate surface area is 199 Å². The largest absolute Gasteiger partial charge is 0.493 e. The van der Waals surface area contributed by atoms with Gasteiger partial charge < -0.3 is 19.9 Å². The Morgan fingerprint density at radius 1 is 0.914 bits per heavy atom. The van der Waals surface area contributed by atoms with Gasteiger partial charge in [-0.25, -0.2) is 14.2 Å². The molecule has 0 spiro atoms. The molecule has 1 aromatic heterocycles. The quantitative estimate of drug-likeness (QED) is 0.398. The van der Waals surface area contributed by atoms with E-state index in [1.165, 1.54) is 32.5 Å². The number of nitrogens with two attached hydrogens (primary N) is 1. The second-order valence-corrected chi connectivity index (χ2v) is 7.23. The first-order valence-corrected chi connectivity index (χ1v) is 10.3. The standard InChI is InChI=1S/C25H21FN4O5/c1-33-22-13-17-19(14-23(22)34-2)28-11-10-20(17)35-21-9-8-16(12-18(21)26)30(25(27)32)29-24(31)15-6-4-3-5-7-15/h3-14H,1-2H3,(H2,27,32)(H,29,31). The first-order chi connectivity index (χ1) is 16.9. The monoisotopic (exact) mass is 476 g/mol. The Balaban J connectivity index is 1.62. The SMILES string of the molecule is COc1cc2nccc(Oc3ccc(N(NC(=O)c4ccccc4)C(N)=O)cc3F)c2cc1OC. The Morgan fingerprint density at radius 2 is 1.63 bits per heavy atom. The van der Waals surface area contributed by atoms with Crippen LogP contribution in [0, 0.1) is 5.82 Å². The summed E-state index contributed by atoms with van der Waals surface area (Å²) in [4.78, 5) is 28.7. The fourth-order valence-corrected chi connectivity index (χ4v) is 3.37. The lowest BCUT2D eigenvalue weighted by Crippen LogP contribution is -2.49. The van der Waals surface area contributed by atoms with Crippen LogP contribution >= 0.6 is 0 Å². The van der Waals surface area contributed by atoms with Crippen molar-refractivity contribution in [1.82, 2.24) is 10.4 Å². The topological polar surface area (TPSA) is 116 Å². The van der Waals surface area contributed by atoms with Crippen LogP contribution in [0.25, 0.3) is 10.9 Å². The highest BCUT2D eigenvalue weighted by molar-refractivity contribution is 6.00. The molecule has 0 saturated carbocycles. The number of hydrogen-bond acceptors (Lipinski definition) is 6. The number of benzene rings is 3. The van der Waals surface area contributed by atoms with E-state index in [9.17, 15) is 9.59 Å². The minimum absolute atomic E-state index is 0.0117. The third-order valence-electron chi connectivity index (χ3n) is 5.07. The lowest BCUT2D eigenvalue weighted by atomic mass is 10.2. The second-order valence-electron chi connectivity index (χ2n) is 7.23. The molecule has 0 atom stereocenters. The summed E-state index contributed by atoms with van der Waals surface area (Å²) in [6.45, 7) is 0. The number of aromatic nitrogens is 1. The normalized spacial score (nSPS) is 10.5. The van der Waals surface area contributed by atoms with E-state index in [4.69, 9.17) is 19.9 Å². The van der Waals surface area contributed by atoms with E-state index < -0.39 is 17.8 Å². The van der Waals surface area contributed by atoms with E-state index >= 15 is 4.39 Å². The summed E-state index contributed by atoms with van der Waals surface area (Å²) in [7, 11) is 3.01. The minimum Gasteiger partial charge on any atom is -0.493 e. The Morgan fingerprint density at radius 3 is 2.29 bits per heavy atom. The first kappa shape index (κ1) is 23.3. The third-order valence-corrected chi connectivity index (χ3v) is 5.07. The predicted octanol–water partition coefficient (Wildman–Crippen LogP) is 4.41. The molecule has 0 unspecified atom stereocenters. The molecule has 35 heavy (non-hydrogen) atoms. The number of fused-ring (bicyclic) bond motifs is 1. The summed E-state index contributed by atoms with van der Waals surface area (Å²) in [5, 5.41) is 1.32. The Kier molecular flexibility index (Phi) is 6.63. The van der Waals surface area contributed by atoms with Crippen molar-refractivity contribution in [1.29, 1.82) is 0 Å². The molecule has 3 amide bonds. The van der Waals surface area contributed by atoms with E-state index in [0.717, 1.165) is 11.1 Å². The average molecular weight is 476 g/mol. The molecule has 9 nitrogen and oxygen atoms in total. The fourth-order valence-electron chi connectivity index (χ4n) is 3.37. The molecule has 3 aromatic carbocycles. The number of hydrazine groups is 1. The maximum atomic E-state index is 15.0. The number of ether oxygens (including phenoxy) is 3. The summed E-state index contributed by atoms with van der Waals surface area (Å²) in [5.74, 6) is -0.211. The zero-order valence-corrected chi connectivity index (χ0v) is 18.8. The molecule has 0 aliphatic rings. The average Bonchev–Trinajstić information content (AvgIpc) is 2.88. The summed E-state index contributed by atoms with van der Waals surface area (Å²) in [5.41, 5.74) is 8.65. The van der Waals surface area contributed by atoms with E-state index in [1.807, 2.05) is 0 Å². The number of pyridine rings is 1. The molecular weight excluding hydrogens is 455 g/mol. The molecular formula is C25H21FN4O5. The predicted molar refractivity (Wildman–Crippen MR) is 127 cm³/mol. The van der Waals surface area contributed by atoms with Gasteiger partial charge in [-0.2, -0.15) is 0 Å². The van der Waals surface area contributed by atoms with Crippen LogP contribution in [0.3, 0.4) is 0 Å². The maximum absolute atomic E-state index is 15.0. The highest BCUT2D eigenvalue weighted by Gasteiger charge is 2.19. The van der Waals surface area contributed by atoms with Gasteiger partial charge in [-0.05, 0) is 36.4 Å². The summed E-state index contributed by atoms with van der Waals surface area (Å²) in [6.07, 6.45) is 1.52. The van der Waals surface area contributed by atoms with Gasteiger partial charge in [0.2, 0.25) is 0 Å². The number of nitrogens with one attached hydrogen (secondary N) is 1. The number of rotatable bonds is 6. The first-order valence-electron chi connectivity index (χ1n) is 10.3. The zero-order valence-electron chi connectivity index (χ0n) is 18.8. The van der Waals surface area contributed by atoms with Crippen LogP contribution in [0.5, 0.6) is 23.0 Å². The van der Waals surface area contributed by atoms with Crippen LogP contribution in [0.1, 0.15) is 10.4 Å². The molecule has 3 N–H and O–H groups in total. The van der Waals surface area contributed by atoms with Gasteiger partial charge >= 0.3 is 6.03 Å². The third kappa shape index (κ3) is 4.91. The lowest BCUT2D eigenvalue weighted by molar-refractivity contribution is 0.0950. The summed E-state index contributed by atoms with van der Waals surface area (Å²) in [6, 6.07) is 15.9. The molecule has 1 heterocycles. The number of anilines is 1. The van der Waals surface area contributed by atoms with Gasteiger partial charge in [-0.1, -0.05) is 18.2 Å². The highest BCUT2D eigenvalue weighted by Crippen LogP contribution is 2.37. The molecule has 0 aliphatic carbocycles. The van der Waals surface area contributed by atoms with E-state index in [1.54, 1.807) is 48.5 Å². The lowest BCUT2D eigenvalue weighted by Gasteiger charge is -2.21. The Hall–Kier alpha value is -4.86. The van der Waals surface area contributed by atoms with Crippen molar-refractivity contribution in [2.24, 2.45) is 5.73 Å². The number of halogens is 1. The molecule has 4 aromatic rings. The number of carbonyl (C=O) groups is 2. The van der Waals surface area contributed by atoms with Gasteiger partial charge in [-0.15, -0.1) is 0 Å². The van der Waals surface area contributed by atoms with Crippen LogP contribution in [-0.4, -0.2) is 31.1 Å². The number of carbonyl (C=O) groups excluding carboxylic acids is 2. The molecule has 0 saturated heterocycles. The Bertz CT molecular complexity index is 1400. The number of amides is 3. The van der Waals surface area contributed by atoms with Gasteiger partial charge in [0.1, 0.15) is 5.75 Å².